The van der Waals surface area contributed by atoms with E-state index in [-0.39, 0.29) is 17.6 Å². The van der Waals surface area contributed by atoms with E-state index in [1.807, 2.05) is 54.6 Å². The van der Waals surface area contributed by atoms with Gasteiger partial charge in [0.25, 0.3) is 0 Å². The summed E-state index contributed by atoms with van der Waals surface area (Å²) in [6.07, 6.45) is 2.53. The van der Waals surface area contributed by atoms with Gasteiger partial charge in [0.2, 0.25) is 15.9 Å². The summed E-state index contributed by atoms with van der Waals surface area (Å²) in [5, 5.41) is 3.77. The molecule has 1 heterocycles. The molecule has 2 aromatic rings. The van der Waals surface area contributed by atoms with E-state index in [1.54, 1.807) is 16.1 Å². The molecule has 5 nitrogen and oxygen atoms in total. The molecule has 8 heteroatoms. The van der Waals surface area contributed by atoms with Gasteiger partial charge in [-0.25, -0.2) is 12.7 Å². The van der Waals surface area contributed by atoms with Crippen LogP contribution in [-0.4, -0.2) is 49.8 Å². The first kappa shape index (κ1) is 25.1. The first-order chi connectivity index (χ1) is 15.5. The number of carbonyl (C=O) groups excluding carboxylic acids is 1. The number of piperidine rings is 1. The smallest absolute Gasteiger partial charge is 0.223 e. The van der Waals surface area contributed by atoms with E-state index >= 15 is 0 Å². The van der Waals surface area contributed by atoms with Crippen molar-refractivity contribution in [2.45, 2.75) is 31.4 Å². The molecule has 2 aromatic carbocycles. The number of benzene rings is 2. The minimum Gasteiger partial charge on any atom is -0.355 e. The Balaban J connectivity index is 1.31. The maximum Gasteiger partial charge on any atom is 0.223 e. The van der Waals surface area contributed by atoms with Crippen LogP contribution in [0.2, 0.25) is 5.02 Å². The number of halogens is 1. The fraction of sp³-hybridized carbons (Fsp3) is 0.458. The van der Waals surface area contributed by atoms with Crippen molar-refractivity contribution in [1.82, 2.24) is 9.62 Å². The maximum atomic E-state index is 12.7. The molecule has 32 heavy (non-hydrogen) atoms. The molecule has 0 aromatic heterocycles. The molecule has 0 aliphatic carbocycles. The summed E-state index contributed by atoms with van der Waals surface area (Å²) in [6, 6.07) is 17.7. The Hall–Kier alpha value is -1.54. The number of sulfonamides is 1. The predicted octanol–water partition coefficient (Wildman–Crippen LogP) is 4.36. The van der Waals surface area contributed by atoms with Gasteiger partial charge in [0.05, 0.1) is 5.75 Å². The Labute approximate surface area is 201 Å². The van der Waals surface area contributed by atoms with Gasteiger partial charge in [-0.05, 0) is 42.9 Å². The van der Waals surface area contributed by atoms with Crippen molar-refractivity contribution >= 4 is 39.3 Å². The van der Waals surface area contributed by atoms with Crippen molar-refractivity contribution < 1.29 is 13.2 Å². The molecule has 1 fully saturated rings. The van der Waals surface area contributed by atoms with E-state index in [1.165, 1.54) is 0 Å². The summed E-state index contributed by atoms with van der Waals surface area (Å²) in [7, 11) is -3.27. The van der Waals surface area contributed by atoms with Crippen molar-refractivity contribution in [2.24, 2.45) is 5.92 Å². The van der Waals surface area contributed by atoms with Crippen LogP contribution in [0, 0.1) is 5.92 Å². The van der Waals surface area contributed by atoms with Gasteiger partial charge in [0.1, 0.15) is 0 Å². The van der Waals surface area contributed by atoms with Crippen molar-refractivity contribution in [3.8, 4) is 0 Å². The Morgan fingerprint density at radius 3 is 2.47 bits per heavy atom. The Morgan fingerprint density at radius 2 is 1.75 bits per heavy atom. The topological polar surface area (TPSA) is 66.5 Å². The van der Waals surface area contributed by atoms with Crippen LogP contribution in [0.4, 0.5) is 0 Å². The zero-order chi connectivity index (χ0) is 22.8. The second kappa shape index (κ2) is 12.6. The average Bonchev–Trinajstić information content (AvgIpc) is 2.80. The predicted molar refractivity (Wildman–Crippen MR) is 133 cm³/mol. The van der Waals surface area contributed by atoms with Crippen LogP contribution < -0.4 is 5.32 Å². The van der Waals surface area contributed by atoms with Crippen molar-refractivity contribution in [3.63, 3.8) is 0 Å². The molecule has 0 saturated carbocycles. The van der Waals surface area contributed by atoms with E-state index in [4.69, 9.17) is 11.6 Å². The van der Waals surface area contributed by atoms with Crippen molar-refractivity contribution in [1.29, 1.82) is 0 Å². The lowest BCUT2D eigenvalue weighted by Crippen LogP contribution is -2.44. The second-order valence-electron chi connectivity index (χ2n) is 8.01. The molecule has 0 unspecified atom stereocenters. The van der Waals surface area contributed by atoms with Gasteiger partial charge in [0, 0.05) is 42.1 Å². The lowest BCUT2D eigenvalue weighted by Gasteiger charge is -2.30. The van der Waals surface area contributed by atoms with E-state index in [9.17, 15) is 13.2 Å². The standard InChI is InChI=1S/C24H31ClN2O3S2/c25-23-11-5-4-10-22(23)19-31-17-14-26-24(28)21-12-15-27(16-13-21)32(29,30)18-6-9-20-7-2-1-3-8-20/h1-5,7-8,10-11,21H,6,9,12-19H2,(H,26,28). The third-order valence-corrected chi connectivity index (χ3v) is 9.02. The SMILES string of the molecule is O=C(NCCSCc1ccccc1Cl)C1CCN(S(=O)(=O)CCCc2ccccc2)CC1. The van der Waals surface area contributed by atoms with Crippen LogP contribution in [0.1, 0.15) is 30.4 Å². The Morgan fingerprint density at radius 1 is 1.06 bits per heavy atom. The summed E-state index contributed by atoms with van der Waals surface area (Å²) < 4.78 is 26.9. The number of nitrogens with zero attached hydrogens (tertiary/aromatic N) is 1. The van der Waals surface area contributed by atoms with Crippen LogP contribution >= 0.6 is 23.4 Å². The number of carbonyl (C=O) groups is 1. The number of amides is 1. The minimum atomic E-state index is -3.27. The first-order valence-corrected chi connectivity index (χ1v) is 14.2. The van der Waals surface area contributed by atoms with E-state index in [2.05, 4.69) is 5.32 Å². The summed E-state index contributed by atoms with van der Waals surface area (Å²) in [6.45, 7) is 1.45. The number of nitrogens with one attached hydrogen (secondary N) is 1. The van der Waals surface area contributed by atoms with Gasteiger partial charge >= 0.3 is 0 Å². The lowest BCUT2D eigenvalue weighted by molar-refractivity contribution is -0.125. The van der Waals surface area contributed by atoms with Crippen molar-refractivity contribution in [3.05, 3.63) is 70.7 Å². The van der Waals surface area contributed by atoms with E-state index in [0.717, 1.165) is 34.1 Å². The maximum absolute atomic E-state index is 12.7. The highest BCUT2D eigenvalue weighted by Crippen LogP contribution is 2.22. The molecule has 1 saturated heterocycles. The molecule has 0 radical (unpaired) electrons. The molecule has 1 N–H and O–H groups in total. The molecular formula is C24H31ClN2O3S2. The second-order valence-corrected chi connectivity index (χ2v) is 11.6. The van der Waals surface area contributed by atoms with Gasteiger partial charge in [0.15, 0.2) is 0 Å². The highest BCUT2D eigenvalue weighted by molar-refractivity contribution is 7.98. The van der Waals surface area contributed by atoms with Crippen LogP contribution in [0.15, 0.2) is 54.6 Å². The van der Waals surface area contributed by atoms with Gasteiger partial charge in [-0.15, -0.1) is 0 Å². The van der Waals surface area contributed by atoms with Crippen LogP contribution in [0.25, 0.3) is 0 Å². The molecule has 0 atom stereocenters. The van der Waals surface area contributed by atoms with Crippen LogP contribution in [0.3, 0.4) is 0 Å². The zero-order valence-corrected chi connectivity index (χ0v) is 20.6. The Kier molecular flexibility index (Phi) is 9.91. The number of aryl methyl sites for hydroxylation is 1. The highest BCUT2D eigenvalue weighted by atomic mass is 35.5. The van der Waals surface area contributed by atoms with Gasteiger partial charge in [-0.1, -0.05) is 60.1 Å². The number of rotatable bonds is 11. The number of hydrogen-bond acceptors (Lipinski definition) is 4. The summed E-state index contributed by atoms with van der Waals surface area (Å²) in [5.41, 5.74) is 2.26. The number of hydrogen-bond donors (Lipinski definition) is 1. The van der Waals surface area contributed by atoms with E-state index in [0.29, 0.717) is 38.9 Å². The molecule has 1 amide bonds. The summed E-state index contributed by atoms with van der Waals surface area (Å²) in [4.78, 5) is 12.5. The average molecular weight is 495 g/mol. The summed E-state index contributed by atoms with van der Waals surface area (Å²) >= 11 is 7.89. The highest BCUT2D eigenvalue weighted by Gasteiger charge is 2.30. The molecule has 0 spiro atoms. The quantitative estimate of drug-likeness (QED) is 0.471. The molecular weight excluding hydrogens is 464 g/mol. The zero-order valence-electron chi connectivity index (χ0n) is 18.2. The van der Waals surface area contributed by atoms with Crippen LogP contribution in [-0.2, 0) is 27.0 Å². The van der Waals surface area contributed by atoms with Gasteiger partial charge < -0.3 is 5.32 Å². The normalized spacial score (nSPS) is 15.5. The van der Waals surface area contributed by atoms with Crippen molar-refractivity contribution in [2.75, 3.05) is 31.1 Å². The molecule has 1 aliphatic rings. The monoisotopic (exact) mass is 494 g/mol. The minimum absolute atomic E-state index is 0.0319. The summed E-state index contributed by atoms with van der Waals surface area (Å²) in [5.74, 6) is 1.70. The fourth-order valence-electron chi connectivity index (χ4n) is 3.82. The van der Waals surface area contributed by atoms with Gasteiger partial charge in [-0.2, -0.15) is 11.8 Å². The largest absolute Gasteiger partial charge is 0.355 e. The third-order valence-electron chi connectivity index (χ3n) is 5.69. The third kappa shape index (κ3) is 7.80. The molecule has 1 aliphatic heterocycles. The molecule has 3 rings (SSSR count). The van der Waals surface area contributed by atoms with E-state index < -0.39 is 10.0 Å². The lowest BCUT2D eigenvalue weighted by atomic mass is 9.97. The first-order valence-electron chi connectivity index (χ1n) is 11.1. The molecule has 0 bridgehead atoms. The molecule has 174 valence electrons. The van der Waals surface area contributed by atoms with Crippen LogP contribution in [0.5, 0.6) is 0 Å². The fourth-order valence-corrected chi connectivity index (χ4v) is 6.50. The number of thioether (sulfide) groups is 1. The van der Waals surface area contributed by atoms with Gasteiger partial charge in [-0.3, -0.25) is 4.79 Å². The Bertz CT molecular complexity index is 962.